The predicted octanol–water partition coefficient (Wildman–Crippen LogP) is 4.65. The molecule has 172 valence electrons. The fourth-order valence-electron chi connectivity index (χ4n) is 3.27. The fourth-order valence-corrected chi connectivity index (χ4v) is 3.43. The first-order valence-corrected chi connectivity index (χ1v) is 10.6. The molecule has 2 N–H and O–H groups in total. The Kier molecular flexibility index (Phi) is 8.27. The maximum absolute atomic E-state index is 14.0. The topological polar surface area (TPSA) is 76.7 Å². The SMILES string of the molecule is COc1ccc(CCNC(=O)c2ccccc2NC(=O)Cc2ccc(Cl)cc2F)cc1OC. The van der Waals surface area contributed by atoms with Crippen molar-refractivity contribution in [3.63, 3.8) is 0 Å². The molecule has 2 amide bonds. The number of hydrogen-bond acceptors (Lipinski definition) is 4. The van der Waals surface area contributed by atoms with Gasteiger partial charge in [-0.2, -0.15) is 0 Å². The molecule has 8 heteroatoms. The van der Waals surface area contributed by atoms with Gasteiger partial charge in [0.15, 0.2) is 11.5 Å². The molecule has 0 radical (unpaired) electrons. The molecule has 0 saturated carbocycles. The summed E-state index contributed by atoms with van der Waals surface area (Å²) in [6.45, 7) is 0.382. The van der Waals surface area contributed by atoms with Crippen LogP contribution >= 0.6 is 11.6 Å². The van der Waals surface area contributed by atoms with Gasteiger partial charge in [-0.1, -0.05) is 35.9 Å². The monoisotopic (exact) mass is 470 g/mol. The van der Waals surface area contributed by atoms with Crippen LogP contribution in [0.15, 0.2) is 60.7 Å². The second-order valence-electron chi connectivity index (χ2n) is 7.20. The van der Waals surface area contributed by atoms with Gasteiger partial charge in [0, 0.05) is 11.6 Å². The van der Waals surface area contributed by atoms with E-state index in [-0.39, 0.29) is 22.9 Å². The Morgan fingerprint density at radius 3 is 2.45 bits per heavy atom. The highest BCUT2D eigenvalue weighted by atomic mass is 35.5. The van der Waals surface area contributed by atoms with E-state index in [2.05, 4.69) is 10.6 Å². The van der Waals surface area contributed by atoms with E-state index in [9.17, 15) is 14.0 Å². The Morgan fingerprint density at radius 1 is 0.970 bits per heavy atom. The zero-order valence-corrected chi connectivity index (χ0v) is 19.0. The van der Waals surface area contributed by atoms with Crippen LogP contribution in [0.4, 0.5) is 10.1 Å². The molecule has 3 rings (SSSR count). The Bertz CT molecular complexity index is 1150. The second kappa shape index (κ2) is 11.3. The summed E-state index contributed by atoms with van der Waals surface area (Å²) < 4.78 is 24.5. The van der Waals surface area contributed by atoms with E-state index in [1.165, 1.54) is 12.1 Å². The quantitative estimate of drug-likeness (QED) is 0.477. The Morgan fingerprint density at radius 2 is 1.73 bits per heavy atom. The van der Waals surface area contributed by atoms with Crippen molar-refractivity contribution in [2.75, 3.05) is 26.1 Å². The van der Waals surface area contributed by atoms with Gasteiger partial charge < -0.3 is 20.1 Å². The van der Waals surface area contributed by atoms with Crippen LogP contribution in [0.25, 0.3) is 0 Å². The number of methoxy groups -OCH3 is 2. The van der Waals surface area contributed by atoms with Gasteiger partial charge in [0.2, 0.25) is 5.91 Å². The van der Waals surface area contributed by atoms with Gasteiger partial charge in [-0.15, -0.1) is 0 Å². The smallest absolute Gasteiger partial charge is 0.253 e. The number of nitrogens with one attached hydrogen (secondary N) is 2. The van der Waals surface area contributed by atoms with E-state index in [0.29, 0.717) is 35.7 Å². The number of amides is 2. The molecule has 0 spiro atoms. The van der Waals surface area contributed by atoms with Crippen LogP contribution in [0.5, 0.6) is 11.5 Å². The number of ether oxygens (including phenoxy) is 2. The molecule has 0 heterocycles. The van der Waals surface area contributed by atoms with Crippen molar-refractivity contribution in [3.05, 3.63) is 88.2 Å². The zero-order valence-electron chi connectivity index (χ0n) is 18.3. The zero-order chi connectivity index (χ0) is 23.8. The molecule has 0 aliphatic rings. The highest BCUT2D eigenvalue weighted by Crippen LogP contribution is 2.27. The van der Waals surface area contributed by atoms with Gasteiger partial charge in [0.05, 0.1) is 31.9 Å². The molecule has 6 nitrogen and oxygen atoms in total. The molecule has 0 unspecified atom stereocenters. The number of halogens is 2. The first-order valence-electron chi connectivity index (χ1n) is 10.2. The van der Waals surface area contributed by atoms with Crippen molar-refractivity contribution in [2.45, 2.75) is 12.8 Å². The lowest BCUT2D eigenvalue weighted by atomic mass is 10.1. The number of para-hydroxylation sites is 1. The minimum atomic E-state index is -0.557. The van der Waals surface area contributed by atoms with Crippen molar-refractivity contribution in [1.29, 1.82) is 0 Å². The van der Waals surface area contributed by atoms with Crippen molar-refractivity contribution in [3.8, 4) is 11.5 Å². The average molecular weight is 471 g/mol. The summed E-state index contributed by atoms with van der Waals surface area (Å²) >= 11 is 5.75. The Hall–Kier alpha value is -3.58. The van der Waals surface area contributed by atoms with Crippen molar-refractivity contribution < 1.29 is 23.5 Å². The lowest BCUT2D eigenvalue weighted by Crippen LogP contribution is -2.27. The fraction of sp³-hybridized carbons (Fsp3) is 0.200. The summed E-state index contributed by atoms with van der Waals surface area (Å²) in [5.41, 5.74) is 1.85. The maximum Gasteiger partial charge on any atom is 0.253 e. The molecule has 0 saturated heterocycles. The Balaban J connectivity index is 1.61. The van der Waals surface area contributed by atoms with Crippen LogP contribution in [0.3, 0.4) is 0 Å². The molecular formula is C25H24ClFN2O4. The third kappa shape index (κ3) is 6.46. The molecule has 3 aromatic rings. The van der Waals surface area contributed by atoms with Crippen LogP contribution < -0.4 is 20.1 Å². The van der Waals surface area contributed by atoms with Crippen molar-refractivity contribution in [2.24, 2.45) is 0 Å². The summed E-state index contributed by atoms with van der Waals surface area (Å²) in [6.07, 6.45) is 0.398. The van der Waals surface area contributed by atoms with Gasteiger partial charge >= 0.3 is 0 Å². The number of hydrogen-bond donors (Lipinski definition) is 2. The normalized spacial score (nSPS) is 10.4. The molecule has 3 aromatic carbocycles. The lowest BCUT2D eigenvalue weighted by Gasteiger charge is -2.13. The molecule has 0 atom stereocenters. The molecule has 0 aliphatic heterocycles. The average Bonchev–Trinajstić information content (AvgIpc) is 2.81. The van der Waals surface area contributed by atoms with Gasteiger partial charge in [-0.05, 0) is 53.9 Å². The van der Waals surface area contributed by atoms with Gasteiger partial charge in [-0.3, -0.25) is 9.59 Å². The van der Waals surface area contributed by atoms with Crippen molar-refractivity contribution >= 4 is 29.1 Å². The van der Waals surface area contributed by atoms with Crippen LogP contribution in [-0.4, -0.2) is 32.6 Å². The van der Waals surface area contributed by atoms with Gasteiger partial charge in [-0.25, -0.2) is 4.39 Å². The predicted molar refractivity (Wildman–Crippen MR) is 126 cm³/mol. The van der Waals surface area contributed by atoms with E-state index in [0.717, 1.165) is 11.6 Å². The summed E-state index contributed by atoms with van der Waals surface area (Å²) in [4.78, 5) is 25.2. The maximum atomic E-state index is 14.0. The van der Waals surface area contributed by atoms with Gasteiger partial charge in [0.1, 0.15) is 5.82 Å². The molecule has 0 aliphatic carbocycles. The third-order valence-corrected chi connectivity index (χ3v) is 5.19. The lowest BCUT2D eigenvalue weighted by molar-refractivity contribution is -0.115. The Labute approximate surface area is 196 Å². The highest BCUT2D eigenvalue weighted by Gasteiger charge is 2.15. The van der Waals surface area contributed by atoms with Gasteiger partial charge in [0.25, 0.3) is 5.91 Å². The molecule has 0 bridgehead atoms. The molecule has 0 aromatic heterocycles. The molecule has 0 fully saturated rings. The third-order valence-electron chi connectivity index (χ3n) is 4.96. The number of carbonyl (C=O) groups excluding carboxylic acids is 2. The van der Waals surface area contributed by atoms with E-state index < -0.39 is 11.7 Å². The van der Waals surface area contributed by atoms with Crippen LogP contribution in [0.1, 0.15) is 21.5 Å². The molecular weight excluding hydrogens is 447 g/mol. The van der Waals surface area contributed by atoms with E-state index >= 15 is 0 Å². The standard InChI is InChI=1S/C25H24ClFN2O4/c1-32-22-10-7-16(13-23(22)33-2)11-12-28-25(31)19-5-3-4-6-21(19)29-24(30)14-17-8-9-18(26)15-20(17)27/h3-10,13,15H,11-12,14H2,1-2H3,(H,28,31)(H,29,30). The van der Waals surface area contributed by atoms with E-state index in [4.69, 9.17) is 21.1 Å². The number of carbonyl (C=O) groups is 2. The number of anilines is 1. The van der Waals surface area contributed by atoms with E-state index in [1.54, 1.807) is 38.5 Å². The number of rotatable bonds is 9. The minimum absolute atomic E-state index is 0.182. The second-order valence-corrected chi connectivity index (χ2v) is 7.64. The number of benzene rings is 3. The van der Waals surface area contributed by atoms with Crippen LogP contribution in [0.2, 0.25) is 5.02 Å². The van der Waals surface area contributed by atoms with Crippen LogP contribution in [0, 0.1) is 5.82 Å². The summed E-state index contributed by atoms with van der Waals surface area (Å²) in [5, 5.41) is 5.80. The van der Waals surface area contributed by atoms with E-state index in [1.807, 2.05) is 18.2 Å². The first-order chi connectivity index (χ1) is 15.9. The highest BCUT2D eigenvalue weighted by molar-refractivity contribution is 6.30. The summed E-state index contributed by atoms with van der Waals surface area (Å²) in [5.74, 6) is -0.0790. The molecule has 33 heavy (non-hydrogen) atoms. The van der Waals surface area contributed by atoms with Crippen LogP contribution in [-0.2, 0) is 17.6 Å². The summed E-state index contributed by atoms with van der Waals surface area (Å²) in [7, 11) is 3.13. The summed E-state index contributed by atoms with van der Waals surface area (Å²) in [6, 6.07) is 16.4. The van der Waals surface area contributed by atoms with Crippen molar-refractivity contribution in [1.82, 2.24) is 5.32 Å². The minimum Gasteiger partial charge on any atom is -0.493 e. The first kappa shape index (κ1) is 24.1. The largest absolute Gasteiger partial charge is 0.493 e.